The number of hydrogen-bond donors (Lipinski definition) is 3. The van der Waals surface area contributed by atoms with Crippen molar-refractivity contribution in [3.05, 3.63) is 0 Å². The van der Waals surface area contributed by atoms with E-state index in [-0.39, 0.29) is 6.42 Å². The van der Waals surface area contributed by atoms with E-state index < -0.39 is 17.6 Å². The van der Waals surface area contributed by atoms with Gasteiger partial charge >= 0.3 is 5.97 Å². The molecular weight excluding hydrogens is 134 g/mol. The van der Waals surface area contributed by atoms with Gasteiger partial charge in [-0.2, -0.15) is 0 Å². The molecule has 0 fully saturated rings. The summed E-state index contributed by atoms with van der Waals surface area (Å²) < 4.78 is 0. The molecule has 4 N–H and O–H groups in total. The molecule has 0 unspecified atom stereocenters. The predicted octanol–water partition coefficient (Wildman–Crippen LogP) is -0.441. The number of carboxylic acid groups (broad SMARTS) is 1. The maximum atomic E-state index is 10.4. The van der Waals surface area contributed by atoms with Crippen LogP contribution in [-0.2, 0) is 4.79 Å². The van der Waals surface area contributed by atoms with Gasteiger partial charge in [-0.1, -0.05) is 6.92 Å². The normalized spacial score (nSPS) is 19.6. The topological polar surface area (TPSA) is 83.6 Å². The number of carboxylic acids is 1. The molecule has 0 spiro atoms. The van der Waals surface area contributed by atoms with Crippen molar-refractivity contribution in [2.45, 2.75) is 31.9 Å². The summed E-state index contributed by atoms with van der Waals surface area (Å²) in [4.78, 5) is 10.4. The molecule has 0 aromatic heterocycles. The average Bonchev–Trinajstić information content (AvgIpc) is 1.85. The van der Waals surface area contributed by atoms with Crippen LogP contribution < -0.4 is 5.73 Å². The highest BCUT2D eigenvalue weighted by Crippen LogP contribution is 2.11. The van der Waals surface area contributed by atoms with Gasteiger partial charge in [0, 0.05) is 0 Å². The third kappa shape index (κ3) is 1.46. The van der Waals surface area contributed by atoms with Crippen LogP contribution in [0.5, 0.6) is 0 Å². The largest absolute Gasteiger partial charge is 0.480 e. The second-order valence-electron chi connectivity index (χ2n) is 2.38. The lowest BCUT2D eigenvalue weighted by Gasteiger charge is -2.25. The number of hydrogen-bond acceptors (Lipinski definition) is 3. The lowest BCUT2D eigenvalue weighted by molar-refractivity contribution is -0.147. The Kier molecular flexibility index (Phi) is 2.80. The van der Waals surface area contributed by atoms with E-state index in [1.54, 1.807) is 6.92 Å². The average molecular weight is 147 g/mol. The SMILES string of the molecule is CC[C@](N)(C(=O)O)[C@@H](C)O. The third-order valence-corrected chi connectivity index (χ3v) is 1.73. The van der Waals surface area contributed by atoms with Crippen LogP contribution in [0.2, 0.25) is 0 Å². The molecule has 0 saturated carbocycles. The number of aliphatic hydroxyl groups excluding tert-OH is 1. The van der Waals surface area contributed by atoms with Crippen LogP contribution in [0.3, 0.4) is 0 Å². The molecule has 10 heavy (non-hydrogen) atoms. The molecule has 4 nitrogen and oxygen atoms in total. The van der Waals surface area contributed by atoms with Gasteiger partial charge in [-0.05, 0) is 13.3 Å². The summed E-state index contributed by atoms with van der Waals surface area (Å²) in [5, 5.41) is 17.5. The van der Waals surface area contributed by atoms with Gasteiger partial charge in [0.15, 0.2) is 0 Å². The molecule has 0 aliphatic carbocycles. The Balaban J connectivity index is 4.38. The molecule has 0 aromatic rings. The minimum absolute atomic E-state index is 0.222. The highest BCUT2D eigenvalue weighted by Gasteiger charge is 2.36. The summed E-state index contributed by atoms with van der Waals surface area (Å²) in [6.07, 6.45) is -0.796. The van der Waals surface area contributed by atoms with Crippen LogP contribution in [0, 0.1) is 0 Å². The number of aliphatic hydroxyl groups is 1. The van der Waals surface area contributed by atoms with Crippen molar-refractivity contribution in [3.8, 4) is 0 Å². The smallest absolute Gasteiger partial charge is 0.326 e. The Morgan fingerprint density at radius 2 is 2.20 bits per heavy atom. The van der Waals surface area contributed by atoms with Crippen molar-refractivity contribution < 1.29 is 15.0 Å². The van der Waals surface area contributed by atoms with E-state index in [2.05, 4.69) is 0 Å². The summed E-state index contributed by atoms with van der Waals surface area (Å²) in [6.45, 7) is 3.00. The second kappa shape index (κ2) is 2.98. The molecule has 0 rings (SSSR count). The number of nitrogens with two attached hydrogens (primary N) is 1. The molecule has 0 aliphatic heterocycles. The first-order valence-electron chi connectivity index (χ1n) is 3.15. The van der Waals surface area contributed by atoms with Crippen LogP contribution in [0.4, 0.5) is 0 Å². The Morgan fingerprint density at radius 3 is 2.20 bits per heavy atom. The molecule has 60 valence electrons. The van der Waals surface area contributed by atoms with Crippen molar-refractivity contribution in [2.24, 2.45) is 5.73 Å². The van der Waals surface area contributed by atoms with Crippen molar-refractivity contribution in [2.75, 3.05) is 0 Å². The summed E-state index contributed by atoms with van der Waals surface area (Å²) in [7, 11) is 0. The minimum Gasteiger partial charge on any atom is -0.480 e. The highest BCUT2D eigenvalue weighted by atomic mass is 16.4. The van der Waals surface area contributed by atoms with Crippen LogP contribution >= 0.6 is 0 Å². The van der Waals surface area contributed by atoms with Gasteiger partial charge in [-0.3, -0.25) is 4.79 Å². The Hall–Kier alpha value is -0.610. The van der Waals surface area contributed by atoms with E-state index in [9.17, 15) is 4.79 Å². The fourth-order valence-electron chi connectivity index (χ4n) is 0.625. The van der Waals surface area contributed by atoms with Crippen molar-refractivity contribution >= 4 is 5.97 Å². The van der Waals surface area contributed by atoms with Gasteiger partial charge < -0.3 is 15.9 Å². The summed E-state index contributed by atoms with van der Waals surface area (Å²) in [6, 6.07) is 0. The predicted molar refractivity (Wildman–Crippen MR) is 36.5 cm³/mol. The Bertz CT molecular complexity index is 135. The van der Waals surface area contributed by atoms with Gasteiger partial charge in [0.25, 0.3) is 0 Å². The molecule has 0 aromatic carbocycles. The third-order valence-electron chi connectivity index (χ3n) is 1.73. The van der Waals surface area contributed by atoms with E-state index in [4.69, 9.17) is 15.9 Å². The molecule has 0 radical (unpaired) electrons. The summed E-state index contributed by atoms with van der Waals surface area (Å²) >= 11 is 0. The van der Waals surface area contributed by atoms with E-state index in [0.717, 1.165) is 0 Å². The molecule has 0 heterocycles. The minimum atomic E-state index is -1.49. The fraction of sp³-hybridized carbons (Fsp3) is 0.833. The van der Waals surface area contributed by atoms with Crippen LogP contribution in [0.25, 0.3) is 0 Å². The van der Waals surface area contributed by atoms with Crippen LogP contribution in [0.1, 0.15) is 20.3 Å². The fourth-order valence-corrected chi connectivity index (χ4v) is 0.625. The van der Waals surface area contributed by atoms with Crippen molar-refractivity contribution in [1.29, 1.82) is 0 Å². The highest BCUT2D eigenvalue weighted by molar-refractivity contribution is 5.79. The molecule has 0 aliphatic rings. The van der Waals surface area contributed by atoms with Crippen molar-refractivity contribution in [1.82, 2.24) is 0 Å². The lowest BCUT2D eigenvalue weighted by Crippen LogP contribution is -2.55. The van der Waals surface area contributed by atoms with E-state index >= 15 is 0 Å². The van der Waals surface area contributed by atoms with Crippen LogP contribution in [-0.4, -0.2) is 27.8 Å². The van der Waals surface area contributed by atoms with Gasteiger partial charge in [0.1, 0.15) is 5.54 Å². The Labute approximate surface area is 59.7 Å². The molecule has 4 heteroatoms. The first-order valence-corrected chi connectivity index (χ1v) is 3.15. The summed E-state index contributed by atoms with van der Waals surface area (Å²) in [5.41, 5.74) is 3.85. The number of carbonyl (C=O) groups is 1. The van der Waals surface area contributed by atoms with Gasteiger partial charge in [0.05, 0.1) is 6.10 Å². The number of rotatable bonds is 3. The van der Waals surface area contributed by atoms with Gasteiger partial charge in [-0.25, -0.2) is 0 Å². The zero-order valence-corrected chi connectivity index (χ0v) is 6.16. The Morgan fingerprint density at radius 1 is 1.80 bits per heavy atom. The van der Waals surface area contributed by atoms with E-state index in [0.29, 0.717) is 0 Å². The molecular formula is C6H13NO3. The standard InChI is InChI=1S/C6H13NO3/c1-3-6(7,4(2)8)5(9)10/h4,8H,3,7H2,1-2H3,(H,9,10)/t4-,6-/m1/s1. The first-order chi connectivity index (χ1) is 4.45. The molecule has 0 bridgehead atoms. The van der Waals surface area contributed by atoms with Crippen molar-refractivity contribution in [3.63, 3.8) is 0 Å². The zero-order chi connectivity index (χ0) is 8.36. The van der Waals surface area contributed by atoms with Gasteiger partial charge in [-0.15, -0.1) is 0 Å². The summed E-state index contributed by atoms with van der Waals surface area (Å²) in [5.74, 6) is -1.16. The maximum absolute atomic E-state index is 10.4. The number of aliphatic carboxylic acids is 1. The van der Waals surface area contributed by atoms with E-state index in [1.807, 2.05) is 0 Å². The molecule has 2 atom stereocenters. The molecule has 0 saturated heterocycles. The van der Waals surface area contributed by atoms with Crippen LogP contribution in [0.15, 0.2) is 0 Å². The van der Waals surface area contributed by atoms with Gasteiger partial charge in [0.2, 0.25) is 0 Å². The molecule has 0 amide bonds. The quantitative estimate of drug-likeness (QED) is 0.505. The monoisotopic (exact) mass is 147 g/mol. The lowest BCUT2D eigenvalue weighted by atomic mass is 9.92. The van der Waals surface area contributed by atoms with E-state index in [1.165, 1.54) is 6.92 Å². The first kappa shape index (κ1) is 9.39. The zero-order valence-electron chi connectivity index (χ0n) is 6.16. The second-order valence-corrected chi connectivity index (χ2v) is 2.38. The maximum Gasteiger partial charge on any atom is 0.326 e.